The van der Waals surface area contributed by atoms with E-state index in [1.165, 1.54) is 18.2 Å². The van der Waals surface area contributed by atoms with Crippen molar-refractivity contribution in [3.63, 3.8) is 0 Å². The maximum atomic E-state index is 12.9. The van der Waals surface area contributed by atoms with Gasteiger partial charge in [0.15, 0.2) is 0 Å². The number of nitrogens with zero attached hydrogens (tertiary/aromatic N) is 1. The molecular weight excluding hydrogens is 273 g/mol. The summed E-state index contributed by atoms with van der Waals surface area (Å²) in [6.45, 7) is 3.73. The lowest BCUT2D eigenvalue weighted by Crippen LogP contribution is -2.37. The fourth-order valence-electron chi connectivity index (χ4n) is 2.77. The number of benzene rings is 1. The van der Waals surface area contributed by atoms with Crippen molar-refractivity contribution in [3.05, 3.63) is 24.0 Å². The Hall–Kier alpha value is -1.66. The van der Waals surface area contributed by atoms with E-state index in [2.05, 4.69) is 17.1 Å². The highest BCUT2D eigenvalue weighted by molar-refractivity contribution is 5.93. The van der Waals surface area contributed by atoms with E-state index in [-0.39, 0.29) is 24.2 Å². The van der Waals surface area contributed by atoms with Gasteiger partial charge in [0.1, 0.15) is 5.82 Å². The Morgan fingerprint density at radius 2 is 2.33 bits per heavy atom. The van der Waals surface area contributed by atoms with Gasteiger partial charge in [-0.05, 0) is 37.1 Å². The average Bonchev–Trinajstić information content (AvgIpc) is 2.80. The highest BCUT2D eigenvalue weighted by Crippen LogP contribution is 2.24. The highest BCUT2D eigenvalue weighted by Gasteiger charge is 2.30. The van der Waals surface area contributed by atoms with Crippen LogP contribution in [0.25, 0.3) is 0 Å². The van der Waals surface area contributed by atoms with Gasteiger partial charge in [-0.3, -0.25) is 9.69 Å². The molecule has 4 N–H and O–H groups in total. The Morgan fingerprint density at radius 3 is 3.00 bits per heavy atom. The van der Waals surface area contributed by atoms with Gasteiger partial charge in [-0.25, -0.2) is 4.39 Å². The minimum atomic E-state index is -0.428. The number of halogens is 1. The van der Waals surface area contributed by atoms with E-state index in [1.54, 1.807) is 0 Å². The quantitative estimate of drug-likeness (QED) is 0.718. The van der Waals surface area contributed by atoms with E-state index >= 15 is 0 Å². The van der Waals surface area contributed by atoms with Crippen LogP contribution < -0.4 is 11.1 Å². The summed E-state index contributed by atoms with van der Waals surface area (Å²) in [5, 5.41) is 12.1. The summed E-state index contributed by atoms with van der Waals surface area (Å²) in [6.07, 6.45) is 1.36. The first-order chi connectivity index (χ1) is 10.0. The van der Waals surface area contributed by atoms with Gasteiger partial charge in [-0.1, -0.05) is 6.92 Å². The van der Waals surface area contributed by atoms with Crippen LogP contribution in [0.2, 0.25) is 0 Å². The standard InChI is InChI=1S/C15H22FN3O2/c1-10-4-6-19(14(10)9-20)7-5-15(21)18-13-3-2-11(16)8-12(13)17/h2-3,8,10,14,20H,4-7,9,17H2,1H3,(H,18,21). The Kier molecular flexibility index (Phi) is 5.14. The van der Waals surface area contributed by atoms with Crippen molar-refractivity contribution < 1.29 is 14.3 Å². The summed E-state index contributed by atoms with van der Waals surface area (Å²) in [7, 11) is 0. The Balaban J connectivity index is 1.85. The van der Waals surface area contributed by atoms with E-state index in [1.807, 2.05) is 0 Å². The van der Waals surface area contributed by atoms with Gasteiger partial charge in [-0.15, -0.1) is 0 Å². The maximum absolute atomic E-state index is 12.9. The zero-order valence-corrected chi connectivity index (χ0v) is 12.2. The number of nitrogens with one attached hydrogen (secondary N) is 1. The van der Waals surface area contributed by atoms with Crippen LogP contribution in [0.1, 0.15) is 19.8 Å². The second-order valence-corrected chi connectivity index (χ2v) is 5.58. The average molecular weight is 295 g/mol. The molecule has 0 aromatic heterocycles. The Morgan fingerprint density at radius 1 is 1.57 bits per heavy atom. The smallest absolute Gasteiger partial charge is 0.225 e. The fraction of sp³-hybridized carbons (Fsp3) is 0.533. The molecule has 0 spiro atoms. The number of rotatable bonds is 5. The van der Waals surface area contributed by atoms with Crippen molar-refractivity contribution >= 4 is 17.3 Å². The fourth-order valence-corrected chi connectivity index (χ4v) is 2.77. The predicted octanol–water partition coefficient (Wildman–Crippen LogP) is 1.44. The van der Waals surface area contributed by atoms with Gasteiger partial charge in [0.2, 0.25) is 5.91 Å². The van der Waals surface area contributed by atoms with Crippen molar-refractivity contribution in [2.75, 3.05) is 30.7 Å². The summed E-state index contributed by atoms with van der Waals surface area (Å²) in [4.78, 5) is 14.1. The first kappa shape index (κ1) is 15.7. The first-order valence-electron chi connectivity index (χ1n) is 7.21. The molecule has 1 aromatic carbocycles. The molecule has 0 radical (unpaired) electrons. The Bertz CT molecular complexity index is 510. The SMILES string of the molecule is CC1CCN(CCC(=O)Nc2ccc(F)cc2N)C1CO. The van der Waals surface area contributed by atoms with E-state index in [0.29, 0.717) is 24.6 Å². The summed E-state index contributed by atoms with van der Waals surface area (Å²) >= 11 is 0. The van der Waals surface area contributed by atoms with Gasteiger partial charge in [0.25, 0.3) is 0 Å². The summed E-state index contributed by atoms with van der Waals surface area (Å²) in [5.41, 5.74) is 6.29. The topological polar surface area (TPSA) is 78.6 Å². The molecule has 5 nitrogen and oxygen atoms in total. The molecule has 2 unspecified atom stereocenters. The lowest BCUT2D eigenvalue weighted by Gasteiger charge is -2.24. The molecule has 0 bridgehead atoms. The van der Waals surface area contributed by atoms with E-state index < -0.39 is 5.82 Å². The number of anilines is 2. The number of aliphatic hydroxyl groups is 1. The number of carbonyl (C=O) groups excluding carboxylic acids is 1. The molecule has 1 saturated heterocycles. The molecule has 6 heteroatoms. The third-order valence-electron chi connectivity index (χ3n) is 4.10. The van der Waals surface area contributed by atoms with Crippen molar-refractivity contribution in [1.82, 2.24) is 4.90 Å². The lowest BCUT2D eigenvalue weighted by molar-refractivity contribution is -0.116. The van der Waals surface area contributed by atoms with Crippen LogP contribution in [-0.2, 0) is 4.79 Å². The van der Waals surface area contributed by atoms with Gasteiger partial charge < -0.3 is 16.2 Å². The number of likely N-dealkylation sites (tertiary alicyclic amines) is 1. The number of hydrogen-bond donors (Lipinski definition) is 3. The van der Waals surface area contributed by atoms with E-state index in [0.717, 1.165) is 13.0 Å². The van der Waals surface area contributed by atoms with Crippen LogP contribution in [0.15, 0.2) is 18.2 Å². The molecule has 2 atom stereocenters. The van der Waals surface area contributed by atoms with Gasteiger partial charge in [0, 0.05) is 19.0 Å². The third kappa shape index (κ3) is 3.92. The second-order valence-electron chi connectivity index (χ2n) is 5.58. The molecule has 1 heterocycles. The number of amides is 1. The minimum Gasteiger partial charge on any atom is -0.397 e. The number of nitrogens with two attached hydrogens (primary N) is 1. The molecular formula is C15H22FN3O2. The van der Waals surface area contributed by atoms with Crippen LogP contribution in [0.4, 0.5) is 15.8 Å². The zero-order valence-electron chi connectivity index (χ0n) is 12.2. The predicted molar refractivity (Wildman–Crippen MR) is 80.3 cm³/mol. The molecule has 2 rings (SSSR count). The van der Waals surface area contributed by atoms with Crippen LogP contribution in [0.3, 0.4) is 0 Å². The van der Waals surface area contributed by atoms with Gasteiger partial charge in [-0.2, -0.15) is 0 Å². The lowest BCUT2D eigenvalue weighted by atomic mass is 10.0. The van der Waals surface area contributed by atoms with Crippen molar-refractivity contribution in [3.8, 4) is 0 Å². The van der Waals surface area contributed by atoms with Crippen LogP contribution in [-0.4, -0.2) is 41.7 Å². The van der Waals surface area contributed by atoms with Crippen molar-refractivity contribution in [1.29, 1.82) is 0 Å². The van der Waals surface area contributed by atoms with Gasteiger partial charge in [0.05, 0.1) is 18.0 Å². The monoisotopic (exact) mass is 295 g/mol. The molecule has 0 saturated carbocycles. The molecule has 116 valence electrons. The summed E-state index contributed by atoms with van der Waals surface area (Å²) < 4.78 is 12.9. The van der Waals surface area contributed by atoms with Crippen molar-refractivity contribution in [2.45, 2.75) is 25.8 Å². The molecule has 1 aliphatic rings. The largest absolute Gasteiger partial charge is 0.397 e. The zero-order chi connectivity index (χ0) is 15.4. The number of aliphatic hydroxyl groups excluding tert-OH is 1. The van der Waals surface area contributed by atoms with Crippen molar-refractivity contribution in [2.24, 2.45) is 5.92 Å². The highest BCUT2D eigenvalue weighted by atomic mass is 19.1. The molecule has 1 aliphatic heterocycles. The van der Waals surface area contributed by atoms with Crippen LogP contribution >= 0.6 is 0 Å². The number of carbonyl (C=O) groups is 1. The maximum Gasteiger partial charge on any atom is 0.225 e. The molecule has 1 fully saturated rings. The summed E-state index contributed by atoms with van der Waals surface area (Å²) in [5.74, 6) is -0.141. The molecule has 1 aromatic rings. The Labute approximate surface area is 123 Å². The van der Waals surface area contributed by atoms with Crippen LogP contribution in [0, 0.1) is 11.7 Å². The third-order valence-corrected chi connectivity index (χ3v) is 4.10. The second kappa shape index (κ2) is 6.87. The molecule has 1 amide bonds. The molecule has 0 aliphatic carbocycles. The van der Waals surface area contributed by atoms with E-state index in [9.17, 15) is 14.3 Å². The normalized spacial score (nSPS) is 22.4. The number of nitrogen functional groups attached to an aromatic ring is 1. The van der Waals surface area contributed by atoms with Gasteiger partial charge >= 0.3 is 0 Å². The number of hydrogen-bond acceptors (Lipinski definition) is 4. The first-order valence-corrected chi connectivity index (χ1v) is 7.21. The van der Waals surface area contributed by atoms with E-state index in [4.69, 9.17) is 5.73 Å². The summed E-state index contributed by atoms with van der Waals surface area (Å²) in [6, 6.07) is 4.03. The molecule has 21 heavy (non-hydrogen) atoms. The van der Waals surface area contributed by atoms with Crippen LogP contribution in [0.5, 0.6) is 0 Å². The minimum absolute atomic E-state index is 0.119.